The summed E-state index contributed by atoms with van der Waals surface area (Å²) in [5, 5.41) is 8.15. The third kappa shape index (κ3) is 2.74. The van der Waals surface area contributed by atoms with Gasteiger partial charge in [0, 0.05) is 11.1 Å². The topological polar surface area (TPSA) is 57.1 Å². The molecule has 110 valence electrons. The molecule has 0 fully saturated rings. The van der Waals surface area contributed by atoms with Gasteiger partial charge in [0.2, 0.25) is 0 Å². The Morgan fingerprint density at radius 3 is 1.68 bits per heavy atom. The highest BCUT2D eigenvalue weighted by atomic mass is 16.5. The van der Waals surface area contributed by atoms with Crippen LogP contribution in [0, 0.1) is 0 Å². The Bertz CT molecular complexity index is 689. The van der Waals surface area contributed by atoms with E-state index in [4.69, 9.17) is 9.47 Å². The minimum Gasteiger partial charge on any atom is -0.497 e. The predicted octanol–water partition coefficient (Wildman–Crippen LogP) is 3.22. The van der Waals surface area contributed by atoms with E-state index < -0.39 is 0 Å². The minimum atomic E-state index is 0.732. The second-order valence-electron chi connectivity index (χ2n) is 4.61. The number of benzene rings is 2. The lowest BCUT2D eigenvalue weighted by Crippen LogP contribution is -1.95. The van der Waals surface area contributed by atoms with Gasteiger partial charge < -0.3 is 9.47 Å². The van der Waals surface area contributed by atoms with Gasteiger partial charge in [-0.15, -0.1) is 10.2 Å². The van der Waals surface area contributed by atoms with Gasteiger partial charge in [0.25, 0.3) is 0 Å². The molecule has 0 saturated carbocycles. The molecule has 0 saturated heterocycles. The van der Waals surface area contributed by atoms with Crippen molar-refractivity contribution in [1.82, 2.24) is 15.2 Å². The van der Waals surface area contributed by atoms with Crippen molar-refractivity contribution in [2.24, 2.45) is 0 Å². The van der Waals surface area contributed by atoms with Crippen LogP contribution < -0.4 is 9.47 Å². The Kier molecular flexibility index (Phi) is 3.96. The zero-order valence-electron chi connectivity index (χ0n) is 12.4. The van der Waals surface area contributed by atoms with Crippen LogP contribution in [0.4, 0.5) is 0 Å². The van der Waals surface area contributed by atoms with E-state index in [-0.39, 0.29) is 0 Å². The van der Waals surface area contributed by atoms with Gasteiger partial charge in [-0.2, -0.15) is 0 Å². The summed E-state index contributed by atoms with van der Waals surface area (Å²) in [4.78, 5) is 4.38. The molecule has 2 aromatic carbocycles. The van der Waals surface area contributed by atoms with Gasteiger partial charge in [0.1, 0.15) is 29.2 Å². The number of methoxy groups -OCH3 is 2. The Hall–Kier alpha value is -2.95. The fourth-order valence-corrected chi connectivity index (χ4v) is 2.18. The first-order chi connectivity index (χ1) is 10.8. The molecular weight excluding hydrogens is 278 g/mol. The molecule has 5 nitrogen and oxygen atoms in total. The summed E-state index contributed by atoms with van der Waals surface area (Å²) in [7, 11) is 3.28. The standard InChI is InChI=1S/C17H15N3O2/c1-21-14-7-3-12(4-8-14)16-17(20-19-11-18-16)13-5-9-15(22-2)10-6-13/h3-11H,1-2H3. The smallest absolute Gasteiger partial charge is 0.138 e. The highest BCUT2D eigenvalue weighted by Crippen LogP contribution is 2.29. The van der Waals surface area contributed by atoms with Gasteiger partial charge >= 0.3 is 0 Å². The monoisotopic (exact) mass is 293 g/mol. The number of aromatic nitrogens is 3. The molecule has 22 heavy (non-hydrogen) atoms. The molecule has 3 aromatic rings. The van der Waals surface area contributed by atoms with E-state index in [1.807, 2.05) is 48.5 Å². The van der Waals surface area contributed by atoms with Crippen molar-refractivity contribution >= 4 is 0 Å². The molecule has 0 N–H and O–H groups in total. The number of nitrogens with zero attached hydrogens (tertiary/aromatic N) is 3. The molecule has 0 amide bonds. The molecule has 0 bridgehead atoms. The maximum atomic E-state index is 5.18. The third-order valence-electron chi connectivity index (χ3n) is 3.35. The number of rotatable bonds is 4. The van der Waals surface area contributed by atoms with Gasteiger partial charge in [-0.1, -0.05) is 0 Å². The summed E-state index contributed by atoms with van der Waals surface area (Å²) in [5.74, 6) is 1.60. The minimum absolute atomic E-state index is 0.732. The van der Waals surface area contributed by atoms with Crippen LogP contribution in [0.1, 0.15) is 0 Å². The lowest BCUT2D eigenvalue weighted by molar-refractivity contribution is 0.414. The average molecular weight is 293 g/mol. The van der Waals surface area contributed by atoms with Crippen LogP contribution in [0.5, 0.6) is 11.5 Å². The third-order valence-corrected chi connectivity index (χ3v) is 3.35. The summed E-state index contributed by atoms with van der Waals surface area (Å²) in [6.45, 7) is 0. The van der Waals surface area contributed by atoms with E-state index in [0.717, 1.165) is 34.0 Å². The summed E-state index contributed by atoms with van der Waals surface area (Å²) in [6, 6.07) is 15.4. The number of ether oxygens (including phenoxy) is 2. The first-order valence-electron chi connectivity index (χ1n) is 6.78. The average Bonchev–Trinajstić information content (AvgIpc) is 2.62. The summed E-state index contributed by atoms with van der Waals surface area (Å²) in [5.41, 5.74) is 3.41. The van der Waals surface area contributed by atoms with Crippen molar-refractivity contribution in [2.75, 3.05) is 14.2 Å². The first-order valence-corrected chi connectivity index (χ1v) is 6.78. The highest BCUT2D eigenvalue weighted by molar-refractivity contribution is 5.77. The molecule has 0 aliphatic rings. The molecule has 1 aromatic heterocycles. The molecule has 0 aliphatic carbocycles. The Balaban J connectivity index is 2.04. The second kappa shape index (κ2) is 6.22. The zero-order valence-corrected chi connectivity index (χ0v) is 12.4. The van der Waals surface area contributed by atoms with E-state index in [1.54, 1.807) is 14.2 Å². The lowest BCUT2D eigenvalue weighted by atomic mass is 10.0. The maximum absolute atomic E-state index is 5.18. The Morgan fingerprint density at radius 2 is 1.18 bits per heavy atom. The van der Waals surface area contributed by atoms with Crippen molar-refractivity contribution in [3.05, 3.63) is 54.9 Å². The maximum Gasteiger partial charge on any atom is 0.138 e. The van der Waals surface area contributed by atoms with Crippen LogP contribution in [-0.2, 0) is 0 Å². The molecule has 3 rings (SSSR count). The zero-order chi connectivity index (χ0) is 15.4. The van der Waals surface area contributed by atoms with Crippen molar-refractivity contribution in [3.63, 3.8) is 0 Å². The van der Waals surface area contributed by atoms with E-state index in [0.29, 0.717) is 0 Å². The van der Waals surface area contributed by atoms with Gasteiger partial charge in [-0.3, -0.25) is 0 Å². The first kappa shape index (κ1) is 14.0. The fourth-order valence-electron chi connectivity index (χ4n) is 2.18. The molecule has 0 unspecified atom stereocenters. The molecule has 5 heteroatoms. The van der Waals surface area contributed by atoms with E-state index in [2.05, 4.69) is 15.2 Å². The second-order valence-corrected chi connectivity index (χ2v) is 4.61. The Morgan fingerprint density at radius 1 is 0.682 bits per heavy atom. The van der Waals surface area contributed by atoms with Crippen LogP contribution in [-0.4, -0.2) is 29.4 Å². The molecule has 0 aliphatic heterocycles. The van der Waals surface area contributed by atoms with E-state index >= 15 is 0 Å². The highest BCUT2D eigenvalue weighted by Gasteiger charge is 2.11. The van der Waals surface area contributed by atoms with Crippen molar-refractivity contribution in [3.8, 4) is 34.0 Å². The molecule has 0 spiro atoms. The number of hydrogen-bond donors (Lipinski definition) is 0. The van der Waals surface area contributed by atoms with Gasteiger partial charge in [0.15, 0.2) is 0 Å². The Labute approximate surface area is 128 Å². The van der Waals surface area contributed by atoms with Gasteiger partial charge in [-0.05, 0) is 48.5 Å². The van der Waals surface area contributed by atoms with Crippen molar-refractivity contribution < 1.29 is 9.47 Å². The van der Waals surface area contributed by atoms with Gasteiger partial charge in [-0.25, -0.2) is 4.98 Å². The van der Waals surface area contributed by atoms with Crippen LogP contribution in [0.25, 0.3) is 22.5 Å². The molecular formula is C17H15N3O2. The van der Waals surface area contributed by atoms with E-state index in [9.17, 15) is 0 Å². The summed E-state index contributed by atoms with van der Waals surface area (Å²) in [6.07, 6.45) is 1.45. The molecule has 0 radical (unpaired) electrons. The summed E-state index contributed by atoms with van der Waals surface area (Å²) >= 11 is 0. The largest absolute Gasteiger partial charge is 0.497 e. The van der Waals surface area contributed by atoms with E-state index in [1.165, 1.54) is 6.33 Å². The van der Waals surface area contributed by atoms with Crippen LogP contribution in [0.2, 0.25) is 0 Å². The molecule has 1 heterocycles. The van der Waals surface area contributed by atoms with Crippen LogP contribution >= 0.6 is 0 Å². The molecule has 0 atom stereocenters. The predicted molar refractivity (Wildman–Crippen MR) is 83.8 cm³/mol. The normalized spacial score (nSPS) is 10.3. The fraction of sp³-hybridized carbons (Fsp3) is 0.118. The SMILES string of the molecule is COc1ccc(-c2ncnnc2-c2ccc(OC)cc2)cc1. The van der Waals surface area contributed by atoms with Crippen molar-refractivity contribution in [1.29, 1.82) is 0 Å². The quantitative estimate of drug-likeness (QED) is 0.739. The van der Waals surface area contributed by atoms with Crippen LogP contribution in [0.3, 0.4) is 0 Å². The number of hydrogen-bond acceptors (Lipinski definition) is 5. The van der Waals surface area contributed by atoms with Crippen LogP contribution in [0.15, 0.2) is 54.9 Å². The van der Waals surface area contributed by atoms with Crippen molar-refractivity contribution in [2.45, 2.75) is 0 Å². The lowest BCUT2D eigenvalue weighted by Gasteiger charge is -2.08. The summed E-state index contributed by atoms with van der Waals surface area (Å²) < 4.78 is 10.4. The van der Waals surface area contributed by atoms with Gasteiger partial charge in [0.05, 0.1) is 14.2 Å².